The summed E-state index contributed by atoms with van der Waals surface area (Å²) >= 11 is 0. The van der Waals surface area contributed by atoms with E-state index < -0.39 is 0 Å². The molecule has 0 radical (unpaired) electrons. The Morgan fingerprint density at radius 2 is 1.83 bits per heavy atom. The van der Waals surface area contributed by atoms with E-state index in [1.54, 1.807) is 44.6 Å². The van der Waals surface area contributed by atoms with Crippen molar-refractivity contribution in [1.29, 1.82) is 0 Å². The molecule has 0 atom stereocenters. The molecule has 0 aliphatic carbocycles. The monoisotopic (exact) mass is 309 g/mol. The molecular formula is C18H15NO4. The molecule has 3 aromatic rings. The zero-order valence-corrected chi connectivity index (χ0v) is 12.8. The molecule has 0 N–H and O–H groups in total. The number of fused-ring (bicyclic) bond motifs is 1. The van der Waals surface area contributed by atoms with Crippen LogP contribution >= 0.6 is 0 Å². The van der Waals surface area contributed by atoms with Gasteiger partial charge in [-0.2, -0.15) is 4.98 Å². The highest BCUT2D eigenvalue weighted by molar-refractivity contribution is 5.77. The summed E-state index contributed by atoms with van der Waals surface area (Å²) in [6, 6.07) is 12.5. The Labute approximate surface area is 132 Å². The lowest BCUT2D eigenvalue weighted by atomic mass is 10.1. The van der Waals surface area contributed by atoms with Crippen molar-refractivity contribution in [2.45, 2.75) is 0 Å². The zero-order valence-electron chi connectivity index (χ0n) is 12.8. The van der Waals surface area contributed by atoms with Crippen LogP contribution in [0.25, 0.3) is 23.1 Å². The van der Waals surface area contributed by atoms with Gasteiger partial charge in [-0.25, -0.2) is 0 Å². The minimum Gasteiger partial charge on any atom is -0.493 e. The lowest BCUT2D eigenvalue weighted by molar-refractivity contribution is 0.354. The zero-order chi connectivity index (χ0) is 16.2. The molecule has 1 aromatic heterocycles. The van der Waals surface area contributed by atoms with Crippen molar-refractivity contribution in [3.8, 4) is 11.5 Å². The van der Waals surface area contributed by atoms with Crippen LogP contribution in [0.4, 0.5) is 0 Å². The number of nitrogens with zero attached hydrogens (tertiary/aromatic N) is 1. The topological polar surface area (TPSA) is 61.6 Å². The van der Waals surface area contributed by atoms with Crippen molar-refractivity contribution in [1.82, 2.24) is 4.98 Å². The van der Waals surface area contributed by atoms with Crippen LogP contribution in [0, 0.1) is 0 Å². The van der Waals surface area contributed by atoms with Crippen LogP contribution in [0.15, 0.2) is 51.7 Å². The smallest absolute Gasteiger partial charge is 0.284 e. The third-order valence-electron chi connectivity index (χ3n) is 3.38. The van der Waals surface area contributed by atoms with E-state index in [4.69, 9.17) is 13.9 Å². The highest BCUT2D eigenvalue weighted by atomic mass is 16.5. The largest absolute Gasteiger partial charge is 0.493 e. The second-order valence-electron chi connectivity index (χ2n) is 4.77. The fraction of sp³-hybridized carbons (Fsp3) is 0.111. The van der Waals surface area contributed by atoms with Gasteiger partial charge in [-0.05, 0) is 24.3 Å². The van der Waals surface area contributed by atoms with E-state index in [0.717, 1.165) is 5.56 Å². The lowest BCUT2D eigenvalue weighted by Crippen LogP contribution is -2.06. The first-order chi connectivity index (χ1) is 11.2. The molecule has 5 nitrogen and oxygen atoms in total. The number of benzene rings is 2. The summed E-state index contributed by atoms with van der Waals surface area (Å²) in [6.45, 7) is 0. The minimum absolute atomic E-state index is 0.235. The third-order valence-corrected chi connectivity index (χ3v) is 3.38. The number of aromatic nitrogens is 1. The highest BCUT2D eigenvalue weighted by Gasteiger charge is 2.08. The molecule has 5 heteroatoms. The van der Waals surface area contributed by atoms with E-state index in [9.17, 15) is 4.79 Å². The molecule has 0 amide bonds. The summed E-state index contributed by atoms with van der Waals surface area (Å²) in [6.07, 6.45) is 3.40. The van der Waals surface area contributed by atoms with Crippen molar-refractivity contribution in [2.24, 2.45) is 0 Å². The Hall–Kier alpha value is -3.08. The lowest BCUT2D eigenvalue weighted by Gasteiger charge is -2.09. The van der Waals surface area contributed by atoms with Crippen LogP contribution < -0.4 is 15.0 Å². The maximum Gasteiger partial charge on any atom is 0.284 e. The Bertz CT molecular complexity index is 928. The van der Waals surface area contributed by atoms with Gasteiger partial charge in [0.25, 0.3) is 5.56 Å². The molecule has 23 heavy (non-hydrogen) atoms. The minimum atomic E-state index is -0.316. The van der Waals surface area contributed by atoms with E-state index >= 15 is 0 Å². The van der Waals surface area contributed by atoms with Crippen LogP contribution in [0.1, 0.15) is 11.5 Å². The van der Waals surface area contributed by atoms with Gasteiger partial charge >= 0.3 is 0 Å². The average Bonchev–Trinajstić information content (AvgIpc) is 2.59. The number of hydrogen-bond donors (Lipinski definition) is 0. The quantitative estimate of drug-likeness (QED) is 0.739. The standard InChI is InChI=1S/C18H15NO4/c1-21-15-9-5-6-12(17(15)22-2)10-11-16-19-18(20)13-7-3-4-8-14(13)23-16/h3-11H,1-2H3/b11-10-. The fourth-order valence-corrected chi connectivity index (χ4v) is 2.30. The van der Waals surface area contributed by atoms with Crippen LogP contribution in [-0.2, 0) is 0 Å². The number of ether oxygens (including phenoxy) is 2. The maximum absolute atomic E-state index is 12.0. The van der Waals surface area contributed by atoms with E-state index in [2.05, 4.69) is 4.98 Å². The van der Waals surface area contributed by atoms with Gasteiger partial charge in [0, 0.05) is 11.6 Å². The molecule has 0 saturated heterocycles. The maximum atomic E-state index is 12.0. The van der Waals surface area contributed by atoms with Crippen LogP contribution in [0.3, 0.4) is 0 Å². The van der Waals surface area contributed by atoms with E-state index in [1.165, 1.54) is 0 Å². The van der Waals surface area contributed by atoms with Gasteiger partial charge in [0.1, 0.15) is 5.58 Å². The summed E-state index contributed by atoms with van der Waals surface area (Å²) in [5.74, 6) is 1.47. The third kappa shape index (κ3) is 2.94. The molecule has 0 aliphatic heterocycles. The summed E-state index contributed by atoms with van der Waals surface area (Å²) in [5.41, 5.74) is 0.985. The normalized spacial score (nSPS) is 11.0. The fourth-order valence-electron chi connectivity index (χ4n) is 2.30. The average molecular weight is 309 g/mol. The molecule has 0 saturated carbocycles. The predicted molar refractivity (Wildman–Crippen MR) is 88.8 cm³/mol. The summed E-state index contributed by atoms with van der Waals surface area (Å²) in [4.78, 5) is 15.9. The number of rotatable bonds is 4. The molecule has 2 aromatic carbocycles. The Morgan fingerprint density at radius 3 is 2.61 bits per heavy atom. The van der Waals surface area contributed by atoms with Gasteiger partial charge in [0.05, 0.1) is 19.6 Å². The van der Waals surface area contributed by atoms with Crippen molar-refractivity contribution >= 4 is 23.1 Å². The van der Waals surface area contributed by atoms with Crippen molar-refractivity contribution in [2.75, 3.05) is 14.2 Å². The molecule has 0 bridgehead atoms. The molecular weight excluding hydrogens is 294 g/mol. The SMILES string of the molecule is COc1cccc(/C=C\c2nc(=O)c3ccccc3o2)c1OC. The predicted octanol–water partition coefficient (Wildman–Crippen LogP) is 3.38. The Kier molecular flexibility index (Phi) is 4.10. The Balaban J connectivity index is 2.02. The van der Waals surface area contributed by atoms with Crippen LogP contribution in [0.2, 0.25) is 0 Å². The van der Waals surface area contributed by atoms with Crippen LogP contribution in [-0.4, -0.2) is 19.2 Å². The van der Waals surface area contributed by atoms with Crippen molar-refractivity contribution in [3.05, 3.63) is 64.3 Å². The summed E-state index contributed by atoms with van der Waals surface area (Å²) < 4.78 is 16.2. The van der Waals surface area contributed by atoms with Gasteiger partial charge in [0.15, 0.2) is 11.5 Å². The van der Waals surface area contributed by atoms with E-state index in [0.29, 0.717) is 22.5 Å². The first-order valence-electron chi connectivity index (χ1n) is 7.02. The molecule has 1 heterocycles. The molecule has 116 valence electrons. The first-order valence-corrected chi connectivity index (χ1v) is 7.02. The second-order valence-corrected chi connectivity index (χ2v) is 4.77. The van der Waals surface area contributed by atoms with E-state index in [-0.39, 0.29) is 11.4 Å². The molecule has 0 spiro atoms. The van der Waals surface area contributed by atoms with Gasteiger partial charge < -0.3 is 13.9 Å². The first kappa shape index (κ1) is 14.8. The number of hydrogen-bond acceptors (Lipinski definition) is 5. The highest BCUT2D eigenvalue weighted by Crippen LogP contribution is 2.31. The molecule has 3 rings (SSSR count). The number of methoxy groups -OCH3 is 2. The number of para-hydroxylation sites is 2. The molecule has 0 unspecified atom stereocenters. The van der Waals surface area contributed by atoms with Crippen LogP contribution in [0.5, 0.6) is 11.5 Å². The second kappa shape index (κ2) is 6.36. The molecule has 0 fully saturated rings. The van der Waals surface area contributed by atoms with E-state index in [1.807, 2.05) is 24.3 Å². The molecule has 0 aliphatic rings. The van der Waals surface area contributed by atoms with Gasteiger partial charge in [-0.3, -0.25) is 4.79 Å². The Morgan fingerprint density at radius 1 is 1.00 bits per heavy atom. The van der Waals surface area contributed by atoms with Crippen molar-refractivity contribution < 1.29 is 13.9 Å². The van der Waals surface area contributed by atoms with Gasteiger partial charge in [0.2, 0.25) is 5.89 Å². The van der Waals surface area contributed by atoms with Gasteiger partial charge in [-0.1, -0.05) is 24.3 Å². The van der Waals surface area contributed by atoms with Gasteiger partial charge in [-0.15, -0.1) is 0 Å². The van der Waals surface area contributed by atoms with Crippen molar-refractivity contribution in [3.63, 3.8) is 0 Å². The summed E-state index contributed by atoms with van der Waals surface area (Å²) in [5, 5.41) is 0.462. The summed E-state index contributed by atoms with van der Waals surface area (Å²) in [7, 11) is 3.15.